The first-order valence-electron chi connectivity index (χ1n) is 7.93. The van der Waals surface area contributed by atoms with Gasteiger partial charge in [-0.1, -0.05) is 25.3 Å². The van der Waals surface area contributed by atoms with Gasteiger partial charge in [-0.3, -0.25) is 10.1 Å². The summed E-state index contributed by atoms with van der Waals surface area (Å²) >= 11 is 0. The topological polar surface area (TPSA) is 75.8 Å². The zero-order valence-electron chi connectivity index (χ0n) is 12.8. The monoisotopic (exact) mass is 308 g/mol. The fraction of sp³-hybridized carbons (Fsp3) is 0.625. The molecule has 1 aliphatic heterocycles. The molecule has 1 saturated heterocycles. The number of likely N-dealkylation sites (tertiary alicyclic amines) is 1. The number of rotatable bonds is 6. The largest absolute Gasteiger partial charge is 0.491 e. The fourth-order valence-corrected chi connectivity index (χ4v) is 2.73. The third-order valence-electron chi connectivity index (χ3n) is 3.89. The average Bonchev–Trinajstić information content (AvgIpc) is 2.48. The quantitative estimate of drug-likeness (QED) is 0.646. The molecule has 122 valence electrons. The highest BCUT2D eigenvalue weighted by molar-refractivity contribution is 5.37. The van der Waals surface area contributed by atoms with Gasteiger partial charge in [0.2, 0.25) is 0 Å². The van der Waals surface area contributed by atoms with Gasteiger partial charge in [0, 0.05) is 12.6 Å². The molecule has 1 aromatic rings. The van der Waals surface area contributed by atoms with Crippen LogP contribution in [0.15, 0.2) is 24.3 Å². The molecule has 1 fully saturated rings. The van der Waals surface area contributed by atoms with Gasteiger partial charge in [-0.25, -0.2) is 0 Å². The van der Waals surface area contributed by atoms with Crippen molar-refractivity contribution >= 4 is 5.69 Å². The van der Waals surface area contributed by atoms with Crippen molar-refractivity contribution in [3.8, 4) is 5.75 Å². The second kappa shape index (κ2) is 8.70. The van der Waals surface area contributed by atoms with Gasteiger partial charge in [-0.05, 0) is 32.0 Å². The number of non-ortho nitro benzene ring substituents is 1. The molecule has 1 unspecified atom stereocenters. The Morgan fingerprint density at radius 1 is 1.23 bits per heavy atom. The Morgan fingerprint density at radius 3 is 2.59 bits per heavy atom. The van der Waals surface area contributed by atoms with Gasteiger partial charge in [0.05, 0.1) is 11.0 Å². The number of aliphatic hydroxyl groups is 1. The molecule has 0 bridgehead atoms. The molecular weight excluding hydrogens is 284 g/mol. The first kappa shape index (κ1) is 16.7. The number of β-amino-alcohol motifs (C(OH)–C–C–N with tert-alkyl or cyclic N) is 1. The number of hydrogen-bond acceptors (Lipinski definition) is 5. The van der Waals surface area contributed by atoms with Crippen molar-refractivity contribution in [2.24, 2.45) is 0 Å². The number of nitrogens with zero attached hydrogens (tertiary/aromatic N) is 2. The van der Waals surface area contributed by atoms with E-state index >= 15 is 0 Å². The van der Waals surface area contributed by atoms with Crippen LogP contribution in [0, 0.1) is 10.1 Å². The predicted molar refractivity (Wildman–Crippen MR) is 84.1 cm³/mol. The van der Waals surface area contributed by atoms with E-state index in [1.54, 1.807) is 12.1 Å². The molecule has 2 rings (SSSR count). The lowest BCUT2D eigenvalue weighted by atomic mass is 10.1. The number of hydrogen-bond donors (Lipinski definition) is 1. The molecule has 1 heterocycles. The molecule has 0 amide bonds. The number of nitro benzene ring substituents is 1. The van der Waals surface area contributed by atoms with Crippen LogP contribution in [-0.4, -0.2) is 47.3 Å². The van der Waals surface area contributed by atoms with E-state index in [0.29, 0.717) is 12.3 Å². The number of nitro groups is 1. The van der Waals surface area contributed by atoms with Crippen molar-refractivity contribution in [2.75, 3.05) is 26.2 Å². The van der Waals surface area contributed by atoms with Crippen molar-refractivity contribution in [2.45, 2.75) is 38.2 Å². The minimum Gasteiger partial charge on any atom is -0.491 e. The lowest BCUT2D eigenvalue weighted by Crippen LogP contribution is -2.37. The second-order valence-corrected chi connectivity index (χ2v) is 5.79. The summed E-state index contributed by atoms with van der Waals surface area (Å²) in [6, 6.07) is 6.04. The molecule has 6 heteroatoms. The van der Waals surface area contributed by atoms with Gasteiger partial charge in [-0.15, -0.1) is 0 Å². The van der Waals surface area contributed by atoms with Gasteiger partial charge < -0.3 is 14.7 Å². The van der Waals surface area contributed by atoms with Gasteiger partial charge >= 0.3 is 0 Å². The zero-order chi connectivity index (χ0) is 15.8. The molecule has 1 N–H and O–H groups in total. The van der Waals surface area contributed by atoms with Gasteiger partial charge in [-0.2, -0.15) is 0 Å². The molecular formula is C16H24N2O4. The lowest BCUT2D eigenvalue weighted by Gasteiger charge is -2.26. The van der Waals surface area contributed by atoms with Crippen LogP contribution in [0.25, 0.3) is 0 Å². The van der Waals surface area contributed by atoms with Crippen molar-refractivity contribution in [3.63, 3.8) is 0 Å². The minimum absolute atomic E-state index is 0.00393. The molecule has 0 radical (unpaired) electrons. The van der Waals surface area contributed by atoms with E-state index in [2.05, 4.69) is 4.90 Å². The maximum absolute atomic E-state index is 10.7. The van der Waals surface area contributed by atoms with Crippen molar-refractivity contribution in [1.82, 2.24) is 4.90 Å². The molecule has 1 aromatic carbocycles. The van der Waals surface area contributed by atoms with Crippen LogP contribution in [0.3, 0.4) is 0 Å². The maximum Gasteiger partial charge on any atom is 0.273 e. The zero-order valence-corrected chi connectivity index (χ0v) is 12.8. The minimum atomic E-state index is -0.585. The normalized spacial score (nSPS) is 18.2. The molecule has 0 saturated carbocycles. The highest BCUT2D eigenvalue weighted by atomic mass is 16.6. The summed E-state index contributed by atoms with van der Waals surface area (Å²) in [5, 5.41) is 20.8. The highest BCUT2D eigenvalue weighted by Gasteiger charge is 2.14. The van der Waals surface area contributed by atoms with E-state index in [1.807, 2.05) is 0 Å². The number of ether oxygens (including phenoxy) is 1. The smallest absolute Gasteiger partial charge is 0.273 e. The van der Waals surface area contributed by atoms with E-state index in [9.17, 15) is 15.2 Å². The Labute approximate surface area is 130 Å². The Bertz CT molecular complexity index is 473. The molecule has 0 aromatic heterocycles. The third kappa shape index (κ3) is 5.61. The number of benzene rings is 1. The Kier molecular flexibility index (Phi) is 6.61. The third-order valence-corrected chi connectivity index (χ3v) is 3.89. The highest BCUT2D eigenvalue weighted by Crippen LogP contribution is 2.19. The molecule has 22 heavy (non-hydrogen) atoms. The van der Waals surface area contributed by atoms with Crippen LogP contribution in [0.4, 0.5) is 5.69 Å². The molecule has 6 nitrogen and oxygen atoms in total. The summed E-state index contributed by atoms with van der Waals surface area (Å²) < 4.78 is 5.47. The summed E-state index contributed by atoms with van der Waals surface area (Å²) in [6.45, 7) is 2.79. The average molecular weight is 308 g/mol. The molecule has 1 aliphatic rings. The molecule has 0 aliphatic carbocycles. The number of aliphatic hydroxyl groups excluding tert-OH is 1. The van der Waals surface area contributed by atoms with Crippen LogP contribution < -0.4 is 4.74 Å². The fourth-order valence-electron chi connectivity index (χ4n) is 2.73. The standard InChI is InChI=1S/C16H24N2O4/c19-15(12-17-9-4-2-1-3-5-10-17)13-22-16-8-6-7-14(11-16)18(20)21/h6-8,11,15,19H,1-5,9-10,12-13H2. The lowest BCUT2D eigenvalue weighted by molar-refractivity contribution is -0.384. The van der Waals surface area contributed by atoms with Crippen LogP contribution in [0.1, 0.15) is 32.1 Å². The Balaban J connectivity index is 1.78. The van der Waals surface area contributed by atoms with Crippen LogP contribution >= 0.6 is 0 Å². The van der Waals surface area contributed by atoms with Crippen LogP contribution in [0.5, 0.6) is 5.75 Å². The summed E-state index contributed by atoms with van der Waals surface area (Å²) in [5.41, 5.74) is -0.00393. The van der Waals surface area contributed by atoms with E-state index in [1.165, 1.54) is 44.2 Å². The predicted octanol–water partition coefficient (Wildman–Crippen LogP) is 2.60. The van der Waals surface area contributed by atoms with Crippen LogP contribution in [0.2, 0.25) is 0 Å². The second-order valence-electron chi connectivity index (χ2n) is 5.79. The first-order chi connectivity index (χ1) is 10.6. The maximum atomic E-state index is 10.7. The van der Waals surface area contributed by atoms with Crippen molar-refractivity contribution in [3.05, 3.63) is 34.4 Å². The van der Waals surface area contributed by atoms with Crippen LogP contribution in [-0.2, 0) is 0 Å². The van der Waals surface area contributed by atoms with Crippen molar-refractivity contribution in [1.29, 1.82) is 0 Å². The molecule has 0 spiro atoms. The Hall–Kier alpha value is -1.66. The summed E-state index contributed by atoms with van der Waals surface area (Å²) in [7, 11) is 0. The van der Waals surface area contributed by atoms with Gasteiger partial charge in [0.1, 0.15) is 18.5 Å². The Morgan fingerprint density at radius 2 is 1.91 bits per heavy atom. The van der Waals surface area contributed by atoms with E-state index in [0.717, 1.165) is 13.1 Å². The van der Waals surface area contributed by atoms with Gasteiger partial charge in [0.15, 0.2) is 0 Å². The first-order valence-corrected chi connectivity index (χ1v) is 7.93. The van der Waals surface area contributed by atoms with E-state index < -0.39 is 11.0 Å². The molecule has 1 atom stereocenters. The van der Waals surface area contributed by atoms with Crippen molar-refractivity contribution < 1.29 is 14.8 Å². The SMILES string of the molecule is O=[N+]([O-])c1cccc(OCC(O)CN2CCCCCCC2)c1. The summed E-state index contributed by atoms with van der Waals surface area (Å²) in [4.78, 5) is 12.5. The van der Waals surface area contributed by atoms with Gasteiger partial charge in [0.25, 0.3) is 5.69 Å². The van der Waals surface area contributed by atoms with E-state index in [-0.39, 0.29) is 12.3 Å². The summed E-state index contributed by atoms with van der Waals surface area (Å²) in [6.07, 6.45) is 5.61. The van der Waals surface area contributed by atoms with E-state index in [4.69, 9.17) is 4.74 Å². The summed E-state index contributed by atoms with van der Waals surface area (Å²) in [5.74, 6) is 0.418.